The first-order valence-corrected chi connectivity index (χ1v) is 9.01. The minimum Gasteiger partial charge on any atom is -0.449 e. The van der Waals surface area contributed by atoms with Gasteiger partial charge in [0.1, 0.15) is 0 Å². The van der Waals surface area contributed by atoms with Crippen molar-refractivity contribution in [1.82, 2.24) is 4.90 Å². The van der Waals surface area contributed by atoms with Gasteiger partial charge in [-0.2, -0.15) is 0 Å². The van der Waals surface area contributed by atoms with Crippen LogP contribution in [0.5, 0.6) is 0 Å². The van der Waals surface area contributed by atoms with Gasteiger partial charge in [0.25, 0.3) is 0 Å². The molecule has 5 heteroatoms. The molecule has 25 heavy (non-hydrogen) atoms. The molecule has 1 atom stereocenters. The monoisotopic (exact) mass is 357 g/mol. The Kier molecular flexibility index (Phi) is 7.74. The van der Waals surface area contributed by atoms with E-state index in [4.69, 9.17) is 4.74 Å². The van der Waals surface area contributed by atoms with Gasteiger partial charge < -0.3 is 19.8 Å². The Morgan fingerprint density at radius 2 is 1.56 bits per heavy atom. The maximum atomic E-state index is 12.2. The van der Waals surface area contributed by atoms with Gasteiger partial charge in [0.2, 0.25) is 0 Å². The highest BCUT2D eigenvalue weighted by molar-refractivity contribution is 5.68. The molecule has 0 aromatic heterocycles. The largest absolute Gasteiger partial charge is 0.449 e. The number of hydrogen-bond donors (Lipinski definition) is 2. The van der Waals surface area contributed by atoms with E-state index in [0.717, 1.165) is 0 Å². The molecule has 0 aliphatic rings. The maximum absolute atomic E-state index is 12.2. The summed E-state index contributed by atoms with van der Waals surface area (Å²) in [6.07, 6.45) is 1.25. The van der Waals surface area contributed by atoms with Gasteiger partial charge in [-0.05, 0) is 73.3 Å². The number of hydrogen-bond acceptors (Lipinski definition) is 4. The molecule has 1 unspecified atom stereocenters. The van der Waals surface area contributed by atoms with E-state index in [2.05, 4.69) is 6.58 Å². The van der Waals surface area contributed by atoms with Crippen molar-refractivity contribution in [3.63, 3.8) is 0 Å². The van der Waals surface area contributed by atoms with Crippen molar-refractivity contribution in [1.29, 1.82) is 0 Å². The van der Waals surface area contributed by atoms with Crippen molar-refractivity contribution in [3.05, 3.63) is 12.2 Å². The van der Waals surface area contributed by atoms with Crippen LogP contribution in [-0.4, -0.2) is 51.6 Å². The molecular weight excluding hydrogens is 318 g/mol. The molecule has 0 bridgehead atoms. The van der Waals surface area contributed by atoms with Crippen LogP contribution in [0, 0.1) is 5.41 Å². The van der Waals surface area contributed by atoms with Crippen LogP contribution in [-0.2, 0) is 4.74 Å². The van der Waals surface area contributed by atoms with Crippen LogP contribution in [0.1, 0.15) is 74.7 Å². The number of carbonyl (C=O) groups excluding carboxylic acids is 1. The molecule has 0 saturated heterocycles. The van der Waals surface area contributed by atoms with Crippen molar-refractivity contribution >= 4 is 6.09 Å². The molecule has 148 valence electrons. The third kappa shape index (κ3) is 6.63. The van der Waals surface area contributed by atoms with E-state index >= 15 is 0 Å². The fourth-order valence-electron chi connectivity index (χ4n) is 2.67. The molecule has 0 radical (unpaired) electrons. The molecular formula is C20H39NO4. The summed E-state index contributed by atoms with van der Waals surface area (Å²) in [6, 6.07) is 0. The zero-order chi connectivity index (χ0) is 20.3. The van der Waals surface area contributed by atoms with Crippen LogP contribution in [0.25, 0.3) is 0 Å². The lowest BCUT2D eigenvalue weighted by Gasteiger charge is -2.45. The number of carbonyl (C=O) groups is 1. The molecule has 0 aliphatic carbocycles. The van der Waals surface area contributed by atoms with Gasteiger partial charge in [-0.25, -0.2) is 4.79 Å². The van der Waals surface area contributed by atoms with Gasteiger partial charge in [-0.3, -0.25) is 0 Å². The van der Waals surface area contributed by atoms with Gasteiger partial charge in [0.15, 0.2) is 0 Å². The predicted octanol–water partition coefficient (Wildman–Crippen LogP) is 4.13. The Hall–Kier alpha value is -1.07. The van der Waals surface area contributed by atoms with Crippen LogP contribution in [0.15, 0.2) is 12.2 Å². The van der Waals surface area contributed by atoms with E-state index in [1.54, 1.807) is 39.6 Å². The number of amides is 1. The minimum absolute atomic E-state index is 0.205. The fraction of sp³-hybridized carbons (Fsp3) is 0.850. The quantitative estimate of drug-likeness (QED) is 0.641. The summed E-state index contributed by atoms with van der Waals surface area (Å²) in [7, 11) is 1.71. The Balaban J connectivity index is 5.17. The van der Waals surface area contributed by atoms with E-state index in [0.29, 0.717) is 24.8 Å². The predicted molar refractivity (Wildman–Crippen MR) is 103 cm³/mol. The van der Waals surface area contributed by atoms with E-state index in [9.17, 15) is 15.0 Å². The number of rotatable bonds is 8. The Morgan fingerprint density at radius 1 is 1.08 bits per heavy atom. The van der Waals surface area contributed by atoms with Crippen LogP contribution in [0.2, 0.25) is 0 Å². The lowest BCUT2D eigenvalue weighted by molar-refractivity contribution is -0.0764. The van der Waals surface area contributed by atoms with E-state index in [1.165, 1.54) is 0 Å². The Morgan fingerprint density at radius 3 is 1.88 bits per heavy atom. The average Bonchev–Trinajstić information content (AvgIpc) is 2.41. The summed E-state index contributed by atoms with van der Waals surface area (Å²) in [5.41, 5.74) is -2.21. The second kappa shape index (κ2) is 8.09. The van der Waals surface area contributed by atoms with Crippen LogP contribution in [0.3, 0.4) is 0 Å². The third-order valence-electron chi connectivity index (χ3n) is 5.48. The number of aliphatic hydroxyl groups is 2. The van der Waals surface area contributed by atoms with Crippen molar-refractivity contribution in [3.8, 4) is 0 Å². The lowest BCUT2D eigenvalue weighted by Crippen LogP contribution is -2.46. The molecule has 0 aromatic rings. The first-order chi connectivity index (χ1) is 11.0. The highest BCUT2D eigenvalue weighted by Gasteiger charge is 2.44. The summed E-state index contributed by atoms with van der Waals surface area (Å²) in [6.45, 7) is 18.9. The fourth-order valence-corrected chi connectivity index (χ4v) is 2.67. The summed E-state index contributed by atoms with van der Waals surface area (Å²) in [5.74, 6) is 0. The van der Waals surface area contributed by atoms with Crippen LogP contribution in [0.4, 0.5) is 4.79 Å². The highest BCUT2D eigenvalue weighted by Crippen LogP contribution is 2.45. The first kappa shape index (κ1) is 23.9. The summed E-state index contributed by atoms with van der Waals surface area (Å²) in [4.78, 5) is 13.7. The third-order valence-corrected chi connectivity index (χ3v) is 5.48. The Labute approximate surface area is 154 Å². The van der Waals surface area contributed by atoms with E-state index in [-0.39, 0.29) is 18.2 Å². The number of nitrogens with zero attached hydrogens (tertiary/aromatic N) is 1. The van der Waals surface area contributed by atoms with Crippen molar-refractivity contribution in [2.75, 3.05) is 13.7 Å². The topological polar surface area (TPSA) is 70.0 Å². The molecule has 0 aromatic carbocycles. The average molecular weight is 358 g/mol. The molecule has 0 rings (SSSR count). The minimum atomic E-state index is -1.02. The van der Waals surface area contributed by atoms with E-state index in [1.807, 2.05) is 27.7 Å². The van der Waals surface area contributed by atoms with Gasteiger partial charge in [0, 0.05) is 18.0 Å². The Bertz CT molecular complexity index is 466. The highest BCUT2D eigenvalue weighted by atomic mass is 16.6. The molecule has 1 amide bonds. The van der Waals surface area contributed by atoms with Crippen molar-refractivity contribution in [2.24, 2.45) is 5.41 Å². The van der Waals surface area contributed by atoms with Crippen LogP contribution >= 0.6 is 0 Å². The smallest absolute Gasteiger partial charge is 0.409 e. The van der Waals surface area contributed by atoms with Gasteiger partial charge in [-0.1, -0.05) is 13.5 Å². The number of ether oxygens (including phenoxy) is 1. The molecule has 0 fully saturated rings. The zero-order valence-electron chi connectivity index (χ0n) is 17.7. The standard InChI is InChI=1S/C20H39NO4/c1-11-20(19(8,9)24,14-15(2)18(6,7)23)12-13-25-16(22)21(10)17(3,4)5/h23-24H,2,11-14H2,1,3-10H3. The molecule has 0 heterocycles. The molecule has 0 saturated carbocycles. The van der Waals surface area contributed by atoms with Crippen molar-refractivity contribution < 1.29 is 19.7 Å². The summed E-state index contributed by atoms with van der Waals surface area (Å²) >= 11 is 0. The van der Waals surface area contributed by atoms with Gasteiger partial charge in [0.05, 0.1) is 17.8 Å². The van der Waals surface area contributed by atoms with Crippen molar-refractivity contribution in [2.45, 2.75) is 91.4 Å². The molecule has 5 nitrogen and oxygen atoms in total. The van der Waals surface area contributed by atoms with E-state index < -0.39 is 16.6 Å². The van der Waals surface area contributed by atoms with Crippen LogP contribution < -0.4 is 0 Å². The summed E-state index contributed by atoms with van der Waals surface area (Å²) in [5, 5.41) is 21.0. The van der Waals surface area contributed by atoms with Gasteiger partial charge >= 0.3 is 6.09 Å². The molecule has 0 spiro atoms. The normalized spacial score (nSPS) is 15.5. The lowest BCUT2D eigenvalue weighted by atomic mass is 9.64. The second-order valence-corrected chi connectivity index (χ2v) is 9.13. The first-order valence-electron chi connectivity index (χ1n) is 9.01. The molecule has 2 N–H and O–H groups in total. The second-order valence-electron chi connectivity index (χ2n) is 9.13. The maximum Gasteiger partial charge on any atom is 0.409 e. The SMILES string of the molecule is C=C(CC(CC)(CCOC(=O)N(C)C(C)(C)C)C(C)(C)O)C(C)(C)O. The molecule has 0 aliphatic heterocycles. The summed E-state index contributed by atoms with van der Waals surface area (Å²) < 4.78 is 5.43. The zero-order valence-corrected chi connectivity index (χ0v) is 17.7. The van der Waals surface area contributed by atoms with Gasteiger partial charge in [-0.15, -0.1) is 0 Å².